The number of aromatic nitrogens is 4. The van der Waals surface area contributed by atoms with Crippen LogP contribution < -0.4 is 10.6 Å². The maximum atomic E-state index is 13.2. The van der Waals surface area contributed by atoms with E-state index < -0.39 is 22.6 Å². The van der Waals surface area contributed by atoms with Gasteiger partial charge in [-0.1, -0.05) is 0 Å². The first-order valence-electron chi connectivity index (χ1n) is 9.01. The van der Waals surface area contributed by atoms with Gasteiger partial charge in [-0.3, -0.25) is 4.68 Å². The Morgan fingerprint density at radius 3 is 2.59 bits per heavy atom. The summed E-state index contributed by atoms with van der Waals surface area (Å²) in [5.41, 5.74) is -1.10. The van der Waals surface area contributed by atoms with E-state index in [0.29, 0.717) is 18.5 Å². The SMILES string of the molecule is [B]C([B])([B])n1nc(C2(C)CCCO2)cc1Nc1ncc(C(F)(F)F)c(NCC)n1. The number of ether oxygens (including phenoxy) is 1. The van der Waals surface area contributed by atoms with E-state index in [4.69, 9.17) is 28.3 Å². The van der Waals surface area contributed by atoms with Crippen LogP contribution >= 0.6 is 0 Å². The van der Waals surface area contributed by atoms with Crippen LogP contribution in [0.4, 0.5) is 30.8 Å². The van der Waals surface area contributed by atoms with E-state index in [1.807, 2.05) is 6.92 Å². The predicted octanol–water partition coefficient (Wildman–Crippen LogP) is 1.97. The molecule has 1 aliphatic rings. The fourth-order valence-corrected chi connectivity index (χ4v) is 3.07. The number of rotatable bonds is 6. The van der Waals surface area contributed by atoms with E-state index in [-0.39, 0.29) is 24.1 Å². The van der Waals surface area contributed by atoms with Gasteiger partial charge in [0.1, 0.15) is 22.8 Å². The van der Waals surface area contributed by atoms with Crippen LogP contribution in [0.1, 0.15) is 37.9 Å². The molecule has 0 saturated carbocycles. The van der Waals surface area contributed by atoms with Crippen LogP contribution in [0.2, 0.25) is 0 Å². The molecule has 1 unspecified atom stereocenters. The Labute approximate surface area is 170 Å². The monoisotopic (exact) mass is 400 g/mol. The lowest BCUT2D eigenvalue weighted by Gasteiger charge is -2.25. The molecule has 3 heterocycles. The van der Waals surface area contributed by atoms with Crippen LogP contribution in [0.5, 0.6) is 0 Å². The molecule has 3 rings (SSSR count). The number of halogens is 3. The van der Waals surface area contributed by atoms with Gasteiger partial charge >= 0.3 is 6.18 Å². The number of nitrogens with zero attached hydrogens (tertiary/aromatic N) is 4. The molecule has 1 saturated heterocycles. The van der Waals surface area contributed by atoms with Gasteiger partial charge in [0.25, 0.3) is 0 Å². The lowest BCUT2D eigenvalue weighted by Crippen LogP contribution is -2.37. The van der Waals surface area contributed by atoms with Gasteiger partial charge < -0.3 is 15.4 Å². The molecule has 1 atom stereocenters. The zero-order valence-corrected chi connectivity index (χ0v) is 16.0. The molecule has 13 heteroatoms. The second-order valence-corrected chi connectivity index (χ2v) is 7.01. The minimum absolute atomic E-state index is 0.108. The third kappa shape index (κ3) is 4.54. The van der Waals surface area contributed by atoms with E-state index in [1.54, 1.807) is 13.0 Å². The minimum atomic E-state index is -4.60. The standard InChI is InChI=1S/C16H18B3F3N6O/c1-3-23-12-9(15(20,21)22)8-24-13(26-12)25-11-7-10(14(2)5-4-6-29-14)27-28(11)16(17,18)19/h7-8H,3-6H2,1-2H3,(H2,23,24,25,26). The van der Waals surface area contributed by atoms with E-state index in [2.05, 4.69) is 25.7 Å². The zero-order valence-electron chi connectivity index (χ0n) is 16.0. The van der Waals surface area contributed by atoms with Crippen molar-refractivity contribution in [2.45, 2.75) is 43.7 Å². The molecule has 2 aromatic heterocycles. The molecular formula is C16H18B3F3N6O. The highest BCUT2D eigenvalue weighted by molar-refractivity contribution is 6.56. The maximum absolute atomic E-state index is 13.2. The second-order valence-electron chi connectivity index (χ2n) is 7.01. The van der Waals surface area contributed by atoms with Crippen LogP contribution in [0.15, 0.2) is 12.3 Å². The Morgan fingerprint density at radius 2 is 2.03 bits per heavy atom. The first kappa shape index (κ1) is 21.5. The summed E-state index contributed by atoms with van der Waals surface area (Å²) in [4.78, 5) is 7.68. The normalized spacial score (nSPS) is 20.0. The van der Waals surface area contributed by atoms with Crippen LogP contribution in [0, 0.1) is 0 Å². The average Bonchev–Trinajstić information content (AvgIpc) is 3.21. The van der Waals surface area contributed by atoms with Crippen molar-refractivity contribution in [3.8, 4) is 0 Å². The Kier molecular flexibility index (Phi) is 5.63. The van der Waals surface area contributed by atoms with Gasteiger partial charge in [0, 0.05) is 25.4 Å². The van der Waals surface area contributed by atoms with Crippen molar-refractivity contribution in [3.63, 3.8) is 0 Å². The second kappa shape index (κ2) is 7.58. The topological polar surface area (TPSA) is 76.9 Å². The van der Waals surface area contributed by atoms with Gasteiger partial charge in [0.2, 0.25) is 5.95 Å². The molecule has 2 aromatic rings. The van der Waals surface area contributed by atoms with Crippen LogP contribution in [0.3, 0.4) is 0 Å². The molecule has 1 aliphatic heterocycles. The zero-order chi connectivity index (χ0) is 21.4. The third-order valence-corrected chi connectivity index (χ3v) is 4.52. The van der Waals surface area contributed by atoms with Gasteiger partial charge in [-0.05, 0) is 31.9 Å². The predicted molar refractivity (Wildman–Crippen MR) is 104 cm³/mol. The van der Waals surface area contributed by atoms with E-state index in [9.17, 15) is 13.2 Å². The summed E-state index contributed by atoms with van der Waals surface area (Å²) in [5, 5.41) is 7.86. The Morgan fingerprint density at radius 1 is 1.31 bits per heavy atom. The molecule has 0 bridgehead atoms. The highest BCUT2D eigenvalue weighted by atomic mass is 19.4. The van der Waals surface area contributed by atoms with Crippen LogP contribution in [-0.2, 0) is 21.8 Å². The molecule has 1 fully saturated rings. The summed E-state index contributed by atoms with van der Waals surface area (Å²) in [5.74, 6) is -0.246. The largest absolute Gasteiger partial charge is 0.421 e. The minimum Gasteiger partial charge on any atom is -0.370 e. The molecule has 148 valence electrons. The molecule has 6 radical (unpaired) electrons. The summed E-state index contributed by atoms with van der Waals surface area (Å²) in [6.45, 7) is 4.36. The third-order valence-electron chi connectivity index (χ3n) is 4.52. The van der Waals surface area contributed by atoms with Crippen LogP contribution in [-0.4, -0.2) is 56.4 Å². The number of hydrogen-bond donors (Lipinski definition) is 2. The first-order chi connectivity index (χ1) is 13.4. The van der Waals surface area contributed by atoms with Crippen molar-refractivity contribution >= 4 is 41.1 Å². The number of anilines is 3. The van der Waals surface area contributed by atoms with Gasteiger partial charge in [0.15, 0.2) is 0 Å². The van der Waals surface area contributed by atoms with Crippen molar-refractivity contribution in [1.29, 1.82) is 0 Å². The summed E-state index contributed by atoms with van der Waals surface area (Å²) in [6.07, 6.45) is -2.31. The molecule has 29 heavy (non-hydrogen) atoms. The van der Waals surface area contributed by atoms with Crippen molar-refractivity contribution in [2.75, 3.05) is 23.8 Å². The molecule has 0 aliphatic carbocycles. The fourth-order valence-electron chi connectivity index (χ4n) is 3.07. The Hall–Kier alpha value is -2.17. The molecular weight excluding hydrogens is 382 g/mol. The molecule has 0 spiro atoms. The number of nitrogens with one attached hydrogen (secondary N) is 2. The van der Waals surface area contributed by atoms with E-state index >= 15 is 0 Å². The number of hydrogen-bond acceptors (Lipinski definition) is 6. The lowest BCUT2D eigenvalue weighted by atomic mass is 9.49. The summed E-state index contributed by atoms with van der Waals surface area (Å²) in [7, 11) is 17.4. The van der Waals surface area contributed by atoms with Crippen molar-refractivity contribution in [3.05, 3.63) is 23.5 Å². The first-order valence-corrected chi connectivity index (χ1v) is 9.01. The average molecular weight is 400 g/mol. The summed E-state index contributed by atoms with van der Waals surface area (Å²) >= 11 is 0. The maximum Gasteiger partial charge on any atom is 0.421 e. The Bertz CT molecular complexity index is 878. The molecule has 0 aromatic carbocycles. The smallest absolute Gasteiger partial charge is 0.370 e. The fraction of sp³-hybridized carbons (Fsp3) is 0.562. The van der Waals surface area contributed by atoms with E-state index in [0.717, 1.165) is 17.5 Å². The van der Waals surface area contributed by atoms with E-state index in [1.165, 1.54) is 0 Å². The van der Waals surface area contributed by atoms with Crippen molar-refractivity contribution < 1.29 is 17.9 Å². The van der Waals surface area contributed by atoms with Crippen molar-refractivity contribution in [2.24, 2.45) is 0 Å². The van der Waals surface area contributed by atoms with Gasteiger partial charge in [0.05, 0.1) is 29.2 Å². The van der Waals surface area contributed by atoms with Gasteiger partial charge in [-0.15, -0.1) is 0 Å². The summed E-state index contributed by atoms with van der Waals surface area (Å²) < 4.78 is 46.3. The highest BCUT2D eigenvalue weighted by Crippen LogP contribution is 2.37. The quantitative estimate of drug-likeness (QED) is 0.723. The van der Waals surface area contributed by atoms with Gasteiger partial charge in [-0.2, -0.15) is 23.3 Å². The van der Waals surface area contributed by atoms with Crippen LogP contribution in [0.25, 0.3) is 0 Å². The molecule has 7 nitrogen and oxygen atoms in total. The summed E-state index contributed by atoms with van der Waals surface area (Å²) in [6, 6.07) is 1.61. The van der Waals surface area contributed by atoms with Crippen molar-refractivity contribution in [1.82, 2.24) is 19.7 Å². The Balaban J connectivity index is 1.99. The van der Waals surface area contributed by atoms with Gasteiger partial charge in [-0.25, -0.2) is 4.98 Å². The highest BCUT2D eigenvalue weighted by Gasteiger charge is 2.37. The molecule has 2 N–H and O–H groups in total. The number of alkyl halides is 3. The molecule has 0 amide bonds. The lowest BCUT2D eigenvalue weighted by molar-refractivity contribution is -0.137.